The van der Waals surface area contributed by atoms with Gasteiger partial charge in [0.25, 0.3) is 0 Å². The summed E-state index contributed by atoms with van der Waals surface area (Å²) < 4.78 is 25.1. The highest BCUT2D eigenvalue weighted by Gasteiger charge is 2.23. The Morgan fingerprint density at radius 3 is 2.25 bits per heavy atom. The molecule has 0 fully saturated rings. The molecule has 0 unspecified atom stereocenters. The van der Waals surface area contributed by atoms with E-state index in [1.807, 2.05) is 0 Å². The maximum atomic E-state index is 11.3. The summed E-state index contributed by atoms with van der Waals surface area (Å²) >= 11 is 0. The molecule has 0 aromatic heterocycles. The zero-order chi connectivity index (χ0) is 9.61. The maximum Gasteiger partial charge on any atom is 0.529 e. The molecule has 4 nitrogen and oxygen atoms in total. The molecule has 0 aromatic carbocycles. The first-order valence-electron chi connectivity index (χ1n) is 3.30. The van der Waals surface area contributed by atoms with Gasteiger partial charge in [-0.3, -0.25) is 9.05 Å². The van der Waals surface area contributed by atoms with Gasteiger partial charge in [0.05, 0.1) is 0 Å². The van der Waals surface area contributed by atoms with Gasteiger partial charge >= 0.3 is 7.82 Å². The average Bonchev–Trinajstić information content (AvgIpc) is 2.05. The van der Waals surface area contributed by atoms with Crippen molar-refractivity contribution in [2.24, 2.45) is 0 Å². The molecular formula is C7H13O4P. The van der Waals surface area contributed by atoms with E-state index in [9.17, 15) is 4.57 Å². The Labute approximate surface area is 72.4 Å². The van der Waals surface area contributed by atoms with Crippen LogP contribution < -0.4 is 0 Å². The molecule has 0 aromatic rings. The Morgan fingerprint density at radius 1 is 1.42 bits per heavy atom. The normalized spacial score (nSPS) is 11.9. The average molecular weight is 192 g/mol. The molecule has 0 amide bonds. The van der Waals surface area contributed by atoms with Gasteiger partial charge in [-0.15, -0.1) is 0 Å². The quantitative estimate of drug-likeness (QED) is 0.381. The number of allylic oxidation sites excluding steroid dienone is 2. The second-order valence-corrected chi connectivity index (χ2v) is 3.68. The Kier molecular flexibility index (Phi) is 4.90. The largest absolute Gasteiger partial charge is 0.529 e. The molecule has 0 aliphatic carbocycles. The summed E-state index contributed by atoms with van der Waals surface area (Å²) in [6.07, 6.45) is 3.27. The lowest BCUT2D eigenvalue weighted by Gasteiger charge is -2.13. The Bertz CT molecular complexity index is 213. The SMILES string of the molecule is C=C(C=CC)OP(=O)(OC)OC. The van der Waals surface area contributed by atoms with Crippen LogP contribution in [-0.2, 0) is 18.1 Å². The van der Waals surface area contributed by atoms with Crippen molar-refractivity contribution in [3.8, 4) is 0 Å². The van der Waals surface area contributed by atoms with Gasteiger partial charge in [0.2, 0.25) is 0 Å². The van der Waals surface area contributed by atoms with Crippen LogP contribution in [0.3, 0.4) is 0 Å². The standard InChI is InChI=1S/C7H13O4P/c1-5-6-7(2)11-12(8,9-3)10-4/h5-6H,2H2,1,3-4H3. The van der Waals surface area contributed by atoms with Gasteiger partial charge in [0.1, 0.15) is 5.76 Å². The highest BCUT2D eigenvalue weighted by atomic mass is 31.2. The van der Waals surface area contributed by atoms with E-state index < -0.39 is 7.82 Å². The van der Waals surface area contributed by atoms with Crippen LogP contribution in [0.5, 0.6) is 0 Å². The fourth-order valence-electron chi connectivity index (χ4n) is 0.509. The molecule has 0 saturated heterocycles. The molecule has 0 rings (SSSR count). The van der Waals surface area contributed by atoms with Gasteiger partial charge in [-0.25, -0.2) is 4.57 Å². The molecule has 0 N–H and O–H groups in total. The van der Waals surface area contributed by atoms with E-state index in [-0.39, 0.29) is 5.76 Å². The molecular weight excluding hydrogens is 179 g/mol. The first-order valence-corrected chi connectivity index (χ1v) is 4.76. The third kappa shape index (κ3) is 3.72. The molecule has 0 aliphatic rings. The van der Waals surface area contributed by atoms with E-state index >= 15 is 0 Å². The predicted octanol–water partition coefficient (Wildman–Crippen LogP) is 2.49. The number of phosphoric ester groups is 1. The van der Waals surface area contributed by atoms with Gasteiger partial charge in [0, 0.05) is 14.2 Å². The summed E-state index contributed by atoms with van der Waals surface area (Å²) in [4.78, 5) is 0. The second kappa shape index (κ2) is 5.14. The van der Waals surface area contributed by atoms with Crippen LogP contribution in [0, 0.1) is 0 Å². The molecule has 0 heterocycles. The molecule has 0 saturated carbocycles. The smallest absolute Gasteiger partial charge is 0.405 e. The summed E-state index contributed by atoms with van der Waals surface area (Å²) in [7, 11) is -0.931. The monoisotopic (exact) mass is 192 g/mol. The van der Waals surface area contributed by atoms with E-state index in [1.165, 1.54) is 14.2 Å². The van der Waals surface area contributed by atoms with Crippen LogP contribution in [0.4, 0.5) is 0 Å². The van der Waals surface area contributed by atoms with Crippen molar-refractivity contribution in [1.82, 2.24) is 0 Å². The fourth-order valence-corrected chi connectivity index (χ4v) is 1.16. The Morgan fingerprint density at radius 2 is 1.92 bits per heavy atom. The summed E-state index contributed by atoms with van der Waals surface area (Å²) in [5.41, 5.74) is 0. The van der Waals surface area contributed by atoms with Crippen molar-refractivity contribution in [3.63, 3.8) is 0 Å². The molecule has 0 radical (unpaired) electrons. The van der Waals surface area contributed by atoms with Crippen molar-refractivity contribution in [3.05, 3.63) is 24.5 Å². The molecule has 0 atom stereocenters. The number of rotatable bonds is 5. The summed E-state index contributed by atoms with van der Waals surface area (Å²) in [6, 6.07) is 0. The number of hydrogen-bond donors (Lipinski definition) is 0. The zero-order valence-corrected chi connectivity index (χ0v) is 8.34. The van der Waals surface area contributed by atoms with E-state index in [0.717, 1.165) is 0 Å². The van der Waals surface area contributed by atoms with Gasteiger partial charge in [-0.2, -0.15) is 0 Å². The topological polar surface area (TPSA) is 44.8 Å². The minimum atomic E-state index is -3.42. The van der Waals surface area contributed by atoms with Crippen molar-refractivity contribution >= 4 is 7.82 Å². The number of hydrogen-bond acceptors (Lipinski definition) is 4. The van der Waals surface area contributed by atoms with Crippen molar-refractivity contribution < 1.29 is 18.1 Å². The lowest BCUT2D eigenvalue weighted by atomic mass is 10.5. The van der Waals surface area contributed by atoms with E-state index in [4.69, 9.17) is 4.52 Å². The molecule has 0 aliphatic heterocycles. The van der Waals surface area contributed by atoms with Gasteiger partial charge in [0.15, 0.2) is 0 Å². The van der Waals surface area contributed by atoms with Crippen molar-refractivity contribution in [2.75, 3.05) is 14.2 Å². The highest BCUT2D eigenvalue weighted by molar-refractivity contribution is 7.48. The molecule has 0 spiro atoms. The first kappa shape index (κ1) is 11.4. The second-order valence-electron chi connectivity index (χ2n) is 1.87. The third-order valence-corrected chi connectivity index (χ3v) is 2.38. The van der Waals surface area contributed by atoms with Gasteiger partial charge in [-0.05, 0) is 13.0 Å². The highest BCUT2D eigenvalue weighted by Crippen LogP contribution is 2.49. The lowest BCUT2D eigenvalue weighted by molar-refractivity contribution is 0.187. The molecule has 70 valence electrons. The first-order chi connectivity index (χ1) is 5.58. The van der Waals surface area contributed by atoms with Crippen LogP contribution in [0.1, 0.15) is 6.92 Å². The van der Waals surface area contributed by atoms with Crippen LogP contribution in [-0.4, -0.2) is 14.2 Å². The van der Waals surface area contributed by atoms with Crippen molar-refractivity contribution in [2.45, 2.75) is 6.92 Å². The van der Waals surface area contributed by atoms with Gasteiger partial charge in [-0.1, -0.05) is 12.7 Å². The zero-order valence-electron chi connectivity index (χ0n) is 7.44. The molecule has 5 heteroatoms. The van der Waals surface area contributed by atoms with E-state index in [1.54, 1.807) is 19.1 Å². The summed E-state index contributed by atoms with van der Waals surface area (Å²) in [5.74, 6) is 0.240. The van der Waals surface area contributed by atoms with Crippen LogP contribution >= 0.6 is 7.82 Å². The number of phosphoric acid groups is 1. The minimum Gasteiger partial charge on any atom is -0.405 e. The Hall–Kier alpha value is -0.570. The summed E-state index contributed by atoms with van der Waals surface area (Å²) in [6.45, 7) is 5.27. The van der Waals surface area contributed by atoms with Crippen LogP contribution in [0.2, 0.25) is 0 Å². The van der Waals surface area contributed by atoms with Crippen LogP contribution in [0.15, 0.2) is 24.5 Å². The summed E-state index contributed by atoms with van der Waals surface area (Å²) in [5, 5.41) is 0. The predicted molar refractivity (Wildman–Crippen MR) is 46.7 cm³/mol. The third-order valence-electron chi connectivity index (χ3n) is 1.03. The minimum absolute atomic E-state index is 0.240. The molecule has 0 bridgehead atoms. The Balaban J connectivity index is 4.22. The fraction of sp³-hybridized carbons (Fsp3) is 0.429. The van der Waals surface area contributed by atoms with Crippen molar-refractivity contribution in [1.29, 1.82) is 0 Å². The molecule has 12 heavy (non-hydrogen) atoms. The van der Waals surface area contributed by atoms with Gasteiger partial charge < -0.3 is 4.52 Å². The maximum absolute atomic E-state index is 11.3. The van der Waals surface area contributed by atoms with E-state index in [0.29, 0.717) is 0 Å². The van der Waals surface area contributed by atoms with Crippen LogP contribution in [0.25, 0.3) is 0 Å². The lowest BCUT2D eigenvalue weighted by Crippen LogP contribution is -1.92. The van der Waals surface area contributed by atoms with E-state index in [2.05, 4.69) is 15.6 Å².